The molecule has 0 spiro atoms. The highest BCUT2D eigenvalue weighted by Crippen LogP contribution is 2.28. The minimum Gasteiger partial charge on any atom is -0.379 e. The van der Waals surface area contributed by atoms with Crippen molar-refractivity contribution in [3.8, 4) is 11.4 Å². The number of benzene rings is 2. The standard InChI is InChI=1S/C23H26N4O3S2/c1-3-10-27-22(24-25-23(27)31-17-19-7-4-6-18(2)15-19)20-8-5-9-21(16-20)32(28,29)26-11-13-30-14-12-26/h3-9,15-16H,1,10-14,17H2,2H3. The third-order valence-electron chi connectivity index (χ3n) is 5.18. The second kappa shape index (κ2) is 9.99. The quantitative estimate of drug-likeness (QED) is 0.369. The van der Waals surface area contributed by atoms with Crippen LogP contribution in [0, 0.1) is 6.92 Å². The van der Waals surface area contributed by atoms with Crippen LogP contribution in [0.4, 0.5) is 0 Å². The van der Waals surface area contributed by atoms with Crippen molar-refractivity contribution in [2.45, 2.75) is 29.3 Å². The summed E-state index contributed by atoms with van der Waals surface area (Å²) in [6.07, 6.45) is 1.79. The molecule has 1 aromatic heterocycles. The lowest BCUT2D eigenvalue weighted by atomic mass is 10.2. The van der Waals surface area contributed by atoms with Crippen LogP contribution >= 0.6 is 11.8 Å². The van der Waals surface area contributed by atoms with Gasteiger partial charge in [-0.15, -0.1) is 16.8 Å². The normalized spacial score (nSPS) is 15.0. The first-order chi connectivity index (χ1) is 15.5. The van der Waals surface area contributed by atoms with E-state index in [1.165, 1.54) is 15.4 Å². The SMILES string of the molecule is C=CCn1c(SCc2cccc(C)c2)nnc1-c1cccc(S(=O)(=O)N2CCOCC2)c1. The molecule has 7 nitrogen and oxygen atoms in total. The van der Waals surface area contributed by atoms with E-state index in [0.717, 1.165) is 10.9 Å². The fraction of sp³-hybridized carbons (Fsp3) is 0.304. The first-order valence-corrected chi connectivity index (χ1v) is 12.8. The predicted molar refractivity (Wildman–Crippen MR) is 126 cm³/mol. The van der Waals surface area contributed by atoms with E-state index >= 15 is 0 Å². The second-order valence-electron chi connectivity index (χ2n) is 7.53. The lowest BCUT2D eigenvalue weighted by molar-refractivity contribution is 0.0730. The van der Waals surface area contributed by atoms with Crippen LogP contribution in [0.15, 0.2) is 71.2 Å². The zero-order valence-corrected chi connectivity index (χ0v) is 19.6. The molecule has 1 fully saturated rings. The number of morpholine rings is 1. The molecule has 0 bridgehead atoms. The number of allylic oxidation sites excluding steroid dienone is 1. The number of thioether (sulfide) groups is 1. The first-order valence-electron chi connectivity index (χ1n) is 10.4. The van der Waals surface area contributed by atoms with E-state index < -0.39 is 10.0 Å². The summed E-state index contributed by atoms with van der Waals surface area (Å²) in [6, 6.07) is 15.3. The maximum atomic E-state index is 13.1. The molecule has 0 amide bonds. The molecular formula is C23H26N4O3S2. The molecule has 0 atom stereocenters. The third kappa shape index (κ3) is 4.96. The van der Waals surface area contributed by atoms with Gasteiger partial charge in [-0.2, -0.15) is 4.31 Å². The number of hydrogen-bond acceptors (Lipinski definition) is 6. The zero-order chi connectivity index (χ0) is 22.6. The number of sulfonamides is 1. The van der Waals surface area contributed by atoms with Gasteiger partial charge in [-0.3, -0.25) is 4.57 Å². The first kappa shape index (κ1) is 22.7. The van der Waals surface area contributed by atoms with Gasteiger partial charge in [0.2, 0.25) is 10.0 Å². The molecule has 0 unspecified atom stereocenters. The highest BCUT2D eigenvalue weighted by molar-refractivity contribution is 7.98. The molecule has 9 heteroatoms. The smallest absolute Gasteiger partial charge is 0.243 e. The monoisotopic (exact) mass is 470 g/mol. The van der Waals surface area contributed by atoms with E-state index in [0.29, 0.717) is 44.2 Å². The molecule has 3 aromatic rings. The summed E-state index contributed by atoms with van der Waals surface area (Å²) in [4.78, 5) is 0.249. The Morgan fingerprint density at radius 2 is 1.91 bits per heavy atom. The van der Waals surface area contributed by atoms with Crippen LogP contribution in [0.1, 0.15) is 11.1 Å². The van der Waals surface area contributed by atoms with Crippen LogP contribution in [-0.2, 0) is 27.1 Å². The van der Waals surface area contributed by atoms with E-state index in [9.17, 15) is 8.42 Å². The Bertz CT molecular complexity index is 1200. The summed E-state index contributed by atoms with van der Waals surface area (Å²) < 4.78 is 34.9. The summed E-state index contributed by atoms with van der Waals surface area (Å²) in [5, 5.41) is 9.54. The maximum Gasteiger partial charge on any atom is 0.243 e. The van der Waals surface area contributed by atoms with Crippen molar-refractivity contribution in [3.63, 3.8) is 0 Å². The number of rotatable bonds is 8. The van der Waals surface area contributed by atoms with Crippen LogP contribution < -0.4 is 0 Å². The van der Waals surface area contributed by atoms with Gasteiger partial charge in [-0.1, -0.05) is 59.8 Å². The minimum atomic E-state index is -3.59. The largest absolute Gasteiger partial charge is 0.379 e. The van der Waals surface area contributed by atoms with E-state index in [1.807, 2.05) is 16.7 Å². The number of aryl methyl sites for hydroxylation is 1. The molecule has 32 heavy (non-hydrogen) atoms. The van der Waals surface area contributed by atoms with E-state index in [2.05, 4.69) is 41.9 Å². The van der Waals surface area contributed by atoms with Crippen LogP contribution in [-0.4, -0.2) is 53.8 Å². The van der Waals surface area contributed by atoms with Crippen molar-refractivity contribution in [3.05, 3.63) is 72.3 Å². The molecule has 0 aliphatic carbocycles. The Hall–Kier alpha value is -2.46. The minimum absolute atomic E-state index is 0.249. The molecule has 168 valence electrons. The Balaban J connectivity index is 1.62. The van der Waals surface area contributed by atoms with Crippen LogP contribution in [0.25, 0.3) is 11.4 Å². The maximum absolute atomic E-state index is 13.1. The molecular weight excluding hydrogens is 444 g/mol. The molecule has 1 aliphatic rings. The number of nitrogens with zero attached hydrogens (tertiary/aromatic N) is 4. The highest BCUT2D eigenvalue weighted by atomic mass is 32.2. The molecule has 1 aliphatic heterocycles. The number of hydrogen-bond donors (Lipinski definition) is 0. The number of ether oxygens (including phenoxy) is 1. The van der Waals surface area contributed by atoms with Gasteiger partial charge in [0.15, 0.2) is 11.0 Å². The van der Waals surface area contributed by atoms with Crippen molar-refractivity contribution in [1.29, 1.82) is 0 Å². The zero-order valence-electron chi connectivity index (χ0n) is 18.0. The van der Waals surface area contributed by atoms with Crippen molar-refractivity contribution >= 4 is 21.8 Å². The molecule has 1 saturated heterocycles. The summed E-state index contributed by atoms with van der Waals surface area (Å²) in [6.45, 7) is 8.00. The van der Waals surface area contributed by atoms with E-state index in [1.54, 1.807) is 36.0 Å². The molecule has 2 heterocycles. The molecule has 0 saturated carbocycles. The summed E-state index contributed by atoms with van der Waals surface area (Å²) >= 11 is 1.60. The Kier molecular flexibility index (Phi) is 7.10. The van der Waals surface area contributed by atoms with Gasteiger partial charge in [0.1, 0.15) is 0 Å². The molecule has 4 rings (SSSR count). The van der Waals surface area contributed by atoms with E-state index in [-0.39, 0.29) is 4.90 Å². The Morgan fingerprint density at radius 1 is 1.12 bits per heavy atom. The fourth-order valence-corrected chi connectivity index (χ4v) is 5.93. The van der Waals surface area contributed by atoms with Gasteiger partial charge in [-0.05, 0) is 24.6 Å². The highest BCUT2D eigenvalue weighted by Gasteiger charge is 2.27. The van der Waals surface area contributed by atoms with Gasteiger partial charge in [0, 0.05) is 31.0 Å². The Morgan fingerprint density at radius 3 is 2.66 bits per heavy atom. The summed E-state index contributed by atoms with van der Waals surface area (Å²) in [5.41, 5.74) is 3.13. The van der Waals surface area contributed by atoms with Gasteiger partial charge >= 0.3 is 0 Å². The number of aromatic nitrogens is 3. The van der Waals surface area contributed by atoms with Crippen LogP contribution in [0.3, 0.4) is 0 Å². The Labute approximate surface area is 193 Å². The third-order valence-corrected chi connectivity index (χ3v) is 8.11. The van der Waals surface area contributed by atoms with Gasteiger partial charge in [0.05, 0.1) is 18.1 Å². The lowest BCUT2D eigenvalue weighted by Gasteiger charge is -2.26. The van der Waals surface area contributed by atoms with Crippen molar-refractivity contribution in [1.82, 2.24) is 19.1 Å². The topological polar surface area (TPSA) is 77.3 Å². The fourth-order valence-electron chi connectivity index (χ4n) is 3.58. The van der Waals surface area contributed by atoms with Gasteiger partial charge in [-0.25, -0.2) is 8.42 Å². The van der Waals surface area contributed by atoms with E-state index in [4.69, 9.17) is 4.74 Å². The average Bonchev–Trinajstić information content (AvgIpc) is 3.21. The summed E-state index contributed by atoms with van der Waals surface area (Å²) in [5.74, 6) is 1.39. The van der Waals surface area contributed by atoms with Crippen LogP contribution in [0.2, 0.25) is 0 Å². The van der Waals surface area contributed by atoms with Crippen molar-refractivity contribution in [2.24, 2.45) is 0 Å². The van der Waals surface area contributed by atoms with Crippen molar-refractivity contribution < 1.29 is 13.2 Å². The average molecular weight is 471 g/mol. The predicted octanol–water partition coefficient (Wildman–Crippen LogP) is 3.75. The lowest BCUT2D eigenvalue weighted by Crippen LogP contribution is -2.40. The molecule has 0 radical (unpaired) electrons. The van der Waals surface area contributed by atoms with Gasteiger partial charge in [0.25, 0.3) is 0 Å². The second-order valence-corrected chi connectivity index (χ2v) is 10.4. The molecule has 0 N–H and O–H groups in total. The van der Waals surface area contributed by atoms with Crippen molar-refractivity contribution in [2.75, 3.05) is 26.3 Å². The molecule has 2 aromatic carbocycles. The summed E-state index contributed by atoms with van der Waals surface area (Å²) in [7, 11) is -3.59. The van der Waals surface area contributed by atoms with Crippen LogP contribution in [0.5, 0.6) is 0 Å². The van der Waals surface area contributed by atoms with Gasteiger partial charge < -0.3 is 4.74 Å².